The summed E-state index contributed by atoms with van der Waals surface area (Å²) in [5, 5.41) is 3.46. The second-order valence-electron chi connectivity index (χ2n) is 8.29. The second kappa shape index (κ2) is 7.90. The first-order chi connectivity index (χ1) is 12.3. The minimum Gasteiger partial charge on any atom is -0.317 e. The average molecular weight is 341 g/mol. The molecule has 0 unspecified atom stereocenters. The molecule has 1 N–H and O–H groups in total. The number of anilines is 1. The lowest BCUT2D eigenvalue weighted by atomic mass is 9.86. The van der Waals surface area contributed by atoms with Gasteiger partial charge in [0.2, 0.25) is 5.91 Å². The van der Waals surface area contributed by atoms with Crippen LogP contribution in [0.15, 0.2) is 18.2 Å². The van der Waals surface area contributed by atoms with Crippen molar-refractivity contribution in [2.24, 2.45) is 11.8 Å². The summed E-state index contributed by atoms with van der Waals surface area (Å²) in [5.74, 6) is 1.49. The molecule has 1 saturated carbocycles. The van der Waals surface area contributed by atoms with Crippen molar-refractivity contribution in [1.82, 2.24) is 5.32 Å². The zero-order chi connectivity index (χ0) is 17.1. The summed E-state index contributed by atoms with van der Waals surface area (Å²) in [5.41, 5.74) is 4.08. The molecule has 2 aliphatic heterocycles. The van der Waals surface area contributed by atoms with Gasteiger partial charge in [0, 0.05) is 18.2 Å². The molecule has 1 aromatic rings. The molecule has 0 atom stereocenters. The van der Waals surface area contributed by atoms with Gasteiger partial charge in [0.05, 0.1) is 0 Å². The van der Waals surface area contributed by atoms with Crippen molar-refractivity contribution in [2.45, 2.75) is 64.2 Å². The topological polar surface area (TPSA) is 32.3 Å². The predicted octanol–water partition coefficient (Wildman–Crippen LogP) is 4.09. The van der Waals surface area contributed by atoms with E-state index in [1.54, 1.807) is 0 Å². The van der Waals surface area contributed by atoms with Crippen LogP contribution in [0.2, 0.25) is 0 Å². The highest BCUT2D eigenvalue weighted by Crippen LogP contribution is 2.33. The van der Waals surface area contributed by atoms with Crippen LogP contribution >= 0.6 is 0 Å². The standard InChI is InChI=1S/C22H32N2O/c25-22(19-5-2-1-3-6-19)24-14-4-7-20-16-18(8-9-21(20)24)15-17-10-12-23-13-11-17/h8-9,16-17,19,23H,1-7,10-15H2. The SMILES string of the molecule is O=C(C1CCCCC1)N1CCCc2cc(CC3CCNCC3)ccc21. The Labute approximate surface area is 152 Å². The van der Waals surface area contributed by atoms with E-state index in [-0.39, 0.29) is 5.92 Å². The molecule has 0 spiro atoms. The van der Waals surface area contributed by atoms with Gasteiger partial charge in [-0.15, -0.1) is 0 Å². The van der Waals surface area contributed by atoms with Gasteiger partial charge in [-0.2, -0.15) is 0 Å². The van der Waals surface area contributed by atoms with Crippen LogP contribution in [0.1, 0.15) is 62.5 Å². The summed E-state index contributed by atoms with van der Waals surface area (Å²) in [6, 6.07) is 6.93. The van der Waals surface area contributed by atoms with E-state index >= 15 is 0 Å². The zero-order valence-corrected chi connectivity index (χ0v) is 15.4. The van der Waals surface area contributed by atoms with Crippen LogP contribution in [0.4, 0.5) is 5.69 Å². The molecule has 0 radical (unpaired) electrons. The third-order valence-electron chi connectivity index (χ3n) is 6.47. The third-order valence-corrected chi connectivity index (χ3v) is 6.47. The summed E-state index contributed by atoms with van der Waals surface area (Å²) in [4.78, 5) is 15.2. The molecule has 3 heteroatoms. The van der Waals surface area contributed by atoms with E-state index in [2.05, 4.69) is 28.4 Å². The molecule has 2 fully saturated rings. The lowest BCUT2D eigenvalue weighted by Gasteiger charge is -2.34. The van der Waals surface area contributed by atoms with Crippen molar-refractivity contribution in [3.63, 3.8) is 0 Å². The molecule has 1 saturated heterocycles. The Morgan fingerprint density at radius 2 is 1.84 bits per heavy atom. The highest BCUT2D eigenvalue weighted by atomic mass is 16.2. The van der Waals surface area contributed by atoms with Crippen molar-refractivity contribution in [3.8, 4) is 0 Å². The summed E-state index contributed by atoms with van der Waals surface area (Å²) in [6.45, 7) is 3.24. The number of aryl methyl sites for hydroxylation is 1. The van der Waals surface area contributed by atoms with Crippen molar-refractivity contribution in [1.29, 1.82) is 0 Å². The van der Waals surface area contributed by atoms with E-state index in [4.69, 9.17) is 0 Å². The predicted molar refractivity (Wildman–Crippen MR) is 103 cm³/mol. The lowest BCUT2D eigenvalue weighted by Crippen LogP contribution is -2.40. The number of fused-ring (bicyclic) bond motifs is 1. The van der Waals surface area contributed by atoms with Crippen LogP contribution < -0.4 is 10.2 Å². The highest BCUT2D eigenvalue weighted by Gasteiger charge is 2.29. The zero-order valence-electron chi connectivity index (χ0n) is 15.4. The number of benzene rings is 1. The fraction of sp³-hybridized carbons (Fsp3) is 0.682. The quantitative estimate of drug-likeness (QED) is 0.899. The van der Waals surface area contributed by atoms with Crippen molar-refractivity contribution >= 4 is 11.6 Å². The van der Waals surface area contributed by atoms with Crippen LogP contribution in [0.3, 0.4) is 0 Å². The molecule has 2 heterocycles. The van der Waals surface area contributed by atoms with Gasteiger partial charge in [-0.25, -0.2) is 0 Å². The van der Waals surface area contributed by atoms with Crippen LogP contribution in [0.25, 0.3) is 0 Å². The van der Waals surface area contributed by atoms with Crippen LogP contribution in [0, 0.1) is 11.8 Å². The largest absolute Gasteiger partial charge is 0.317 e. The van der Waals surface area contributed by atoms with Crippen LogP contribution in [-0.2, 0) is 17.6 Å². The Bertz CT molecular complexity index is 600. The van der Waals surface area contributed by atoms with Crippen molar-refractivity contribution in [3.05, 3.63) is 29.3 Å². The molecular formula is C22H32N2O. The number of nitrogens with one attached hydrogen (secondary N) is 1. The number of hydrogen-bond donors (Lipinski definition) is 1. The Balaban J connectivity index is 1.48. The minimum atomic E-state index is 0.272. The van der Waals surface area contributed by atoms with Gasteiger partial charge < -0.3 is 10.2 Å². The fourth-order valence-electron chi connectivity index (χ4n) is 5.00. The maximum Gasteiger partial charge on any atom is 0.230 e. The summed E-state index contributed by atoms with van der Waals surface area (Å²) >= 11 is 0. The normalized spacial score (nSPS) is 22.6. The van der Waals surface area contributed by atoms with E-state index < -0.39 is 0 Å². The second-order valence-corrected chi connectivity index (χ2v) is 8.29. The van der Waals surface area contributed by atoms with Gasteiger partial charge >= 0.3 is 0 Å². The Hall–Kier alpha value is -1.35. The molecular weight excluding hydrogens is 308 g/mol. The number of piperidine rings is 1. The average Bonchev–Trinajstić information content (AvgIpc) is 2.68. The fourth-order valence-corrected chi connectivity index (χ4v) is 5.00. The number of carbonyl (C=O) groups excluding carboxylic acids is 1. The molecule has 25 heavy (non-hydrogen) atoms. The molecule has 136 valence electrons. The molecule has 3 nitrogen and oxygen atoms in total. The molecule has 3 aliphatic rings. The molecule has 0 bridgehead atoms. The maximum absolute atomic E-state index is 13.0. The Kier molecular flexibility index (Phi) is 5.40. The summed E-state index contributed by atoms with van der Waals surface area (Å²) in [6.07, 6.45) is 12.0. The van der Waals surface area contributed by atoms with Gasteiger partial charge in [-0.05, 0) is 81.1 Å². The van der Waals surface area contributed by atoms with E-state index in [9.17, 15) is 4.79 Å². The molecule has 4 rings (SSSR count). The monoisotopic (exact) mass is 340 g/mol. The number of rotatable bonds is 3. The molecule has 1 amide bonds. The molecule has 1 aromatic carbocycles. The summed E-state index contributed by atoms with van der Waals surface area (Å²) < 4.78 is 0. The number of amides is 1. The van der Waals surface area contributed by atoms with E-state index in [1.165, 1.54) is 68.4 Å². The highest BCUT2D eigenvalue weighted by molar-refractivity contribution is 5.96. The summed E-state index contributed by atoms with van der Waals surface area (Å²) in [7, 11) is 0. The van der Waals surface area contributed by atoms with E-state index in [0.717, 1.165) is 38.1 Å². The van der Waals surface area contributed by atoms with Crippen LogP contribution in [0.5, 0.6) is 0 Å². The Morgan fingerprint density at radius 1 is 1.04 bits per heavy atom. The first kappa shape index (κ1) is 17.1. The van der Waals surface area contributed by atoms with Gasteiger partial charge in [0.15, 0.2) is 0 Å². The van der Waals surface area contributed by atoms with Gasteiger partial charge in [-0.3, -0.25) is 4.79 Å². The number of nitrogens with zero attached hydrogens (tertiary/aromatic N) is 1. The first-order valence-electron chi connectivity index (χ1n) is 10.4. The maximum atomic E-state index is 13.0. The third kappa shape index (κ3) is 3.92. The van der Waals surface area contributed by atoms with Gasteiger partial charge in [-0.1, -0.05) is 31.4 Å². The van der Waals surface area contributed by atoms with Gasteiger partial charge in [0.1, 0.15) is 0 Å². The van der Waals surface area contributed by atoms with Crippen LogP contribution in [-0.4, -0.2) is 25.5 Å². The Morgan fingerprint density at radius 3 is 2.64 bits per heavy atom. The first-order valence-corrected chi connectivity index (χ1v) is 10.4. The molecule has 1 aliphatic carbocycles. The lowest BCUT2D eigenvalue weighted by molar-refractivity contribution is -0.123. The minimum absolute atomic E-state index is 0.272. The van der Waals surface area contributed by atoms with E-state index in [1.807, 2.05) is 0 Å². The number of hydrogen-bond acceptors (Lipinski definition) is 2. The molecule has 0 aromatic heterocycles. The van der Waals surface area contributed by atoms with Gasteiger partial charge in [0.25, 0.3) is 0 Å². The van der Waals surface area contributed by atoms with E-state index in [0.29, 0.717) is 5.91 Å². The van der Waals surface area contributed by atoms with Crippen molar-refractivity contribution < 1.29 is 4.79 Å². The number of carbonyl (C=O) groups is 1. The van der Waals surface area contributed by atoms with Crippen molar-refractivity contribution in [2.75, 3.05) is 24.5 Å². The smallest absolute Gasteiger partial charge is 0.230 e.